The number of nitrogens with zero attached hydrogens (tertiary/aromatic N) is 2. The maximum absolute atomic E-state index is 12.8. The molecule has 1 aliphatic rings. The topological polar surface area (TPSA) is 72.2 Å². The number of morpholine rings is 1. The maximum Gasteiger partial charge on any atom is 0.339 e. The third-order valence-electron chi connectivity index (χ3n) is 5.87. The average molecular weight is 451 g/mol. The zero-order valence-electron chi connectivity index (χ0n) is 18.8. The van der Waals surface area contributed by atoms with Crippen molar-refractivity contribution in [3.63, 3.8) is 0 Å². The first-order valence-electron chi connectivity index (χ1n) is 10.8. The van der Waals surface area contributed by atoms with Crippen LogP contribution in [0.3, 0.4) is 0 Å². The van der Waals surface area contributed by atoms with Crippen LogP contribution >= 0.6 is 11.6 Å². The minimum absolute atomic E-state index is 0.159. The van der Waals surface area contributed by atoms with Crippen LogP contribution in [0.2, 0.25) is 5.02 Å². The van der Waals surface area contributed by atoms with Crippen LogP contribution in [0.5, 0.6) is 5.75 Å². The fraction of sp³-hybridized carbons (Fsp3) is 0.565. The van der Waals surface area contributed by atoms with E-state index in [0.29, 0.717) is 31.7 Å². The molecule has 7 nitrogen and oxygen atoms in total. The second-order valence-corrected chi connectivity index (χ2v) is 8.19. The summed E-state index contributed by atoms with van der Waals surface area (Å²) in [5, 5.41) is 0.935. The SMILES string of the molecule is CCN(CC)CCc1c(C)c2cc(CN3CCOCC3)c(OC(C)=O)c(Cl)c2oc1=O. The molecule has 1 fully saturated rings. The van der Waals surface area contributed by atoms with Crippen LogP contribution in [-0.4, -0.2) is 61.7 Å². The maximum atomic E-state index is 12.8. The predicted molar refractivity (Wildman–Crippen MR) is 121 cm³/mol. The van der Waals surface area contributed by atoms with E-state index in [1.807, 2.05) is 13.0 Å². The second kappa shape index (κ2) is 10.6. The highest BCUT2D eigenvalue weighted by Crippen LogP contribution is 2.38. The third kappa shape index (κ3) is 5.47. The van der Waals surface area contributed by atoms with E-state index >= 15 is 0 Å². The molecule has 0 saturated carbocycles. The van der Waals surface area contributed by atoms with E-state index in [1.54, 1.807) is 0 Å². The molecular formula is C23H31ClN2O5. The molecule has 0 radical (unpaired) electrons. The third-order valence-corrected chi connectivity index (χ3v) is 6.21. The van der Waals surface area contributed by atoms with Gasteiger partial charge >= 0.3 is 11.6 Å². The normalized spacial score (nSPS) is 15.0. The molecule has 8 heteroatoms. The molecule has 0 bridgehead atoms. The lowest BCUT2D eigenvalue weighted by atomic mass is 10.0. The zero-order chi connectivity index (χ0) is 22.5. The number of esters is 1. The van der Waals surface area contributed by atoms with Gasteiger partial charge < -0.3 is 18.8 Å². The Morgan fingerprint density at radius 1 is 1.26 bits per heavy atom. The van der Waals surface area contributed by atoms with Gasteiger partial charge in [-0.25, -0.2) is 4.79 Å². The summed E-state index contributed by atoms with van der Waals surface area (Å²) >= 11 is 6.62. The Hall–Kier alpha value is -1.93. The molecule has 2 heterocycles. The number of likely N-dealkylation sites (N-methyl/N-ethyl adjacent to an activating group) is 1. The van der Waals surface area contributed by atoms with Gasteiger partial charge in [-0.15, -0.1) is 0 Å². The lowest BCUT2D eigenvalue weighted by Gasteiger charge is -2.27. The van der Waals surface area contributed by atoms with Crippen molar-refractivity contribution >= 4 is 28.5 Å². The number of rotatable bonds is 8. The van der Waals surface area contributed by atoms with Crippen LogP contribution in [0, 0.1) is 6.92 Å². The minimum atomic E-state index is -0.473. The number of halogens is 1. The summed E-state index contributed by atoms with van der Waals surface area (Å²) in [5.74, 6) is -0.217. The largest absolute Gasteiger partial charge is 0.425 e. The molecule has 1 aromatic heterocycles. The summed E-state index contributed by atoms with van der Waals surface area (Å²) in [7, 11) is 0. The second-order valence-electron chi connectivity index (χ2n) is 7.81. The molecule has 0 unspecified atom stereocenters. The number of hydrogen-bond donors (Lipinski definition) is 0. The summed E-state index contributed by atoms with van der Waals surface area (Å²) in [5.41, 5.74) is 2.18. The van der Waals surface area contributed by atoms with E-state index in [9.17, 15) is 9.59 Å². The van der Waals surface area contributed by atoms with E-state index in [0.717, 1.165) is 49.2 Å². The standard InChI is InChI=1S/C23H31ClN2O5/c1-5-25(6-2)8-7-18-15(3)19-13-17(14-26-9-11-29-12-10-26)21(30-16(4)27)20(24)22(19)31-23(18)28/h13H,5-12,14H2,1-4H3. The van der Waals surface area contributed by atoms with Crippen molar-refractivity contribution in [2.75, 3.05) is 45.9 Å². The van der Waals surface area contributed by atoms with Crippen LogP contribution in [-0.2, 0) is 22.5 Å². The molecular weight excluding hydrogens is 420 g/mol. The van der Waals surface area contributed by atoms with Gasteiger partial charge in [0.2, 0.25) is 0 Å². The molecule has 0 spiro atoms. The molecule has 1 aliphatic heterocycles. The number of hydrogen-bond acceptors (Lipinski definition) is 7. The highest BCUT2D eigenvalue weighted by atomic mass is 35.5. The summed E-state index contributed by atoms with van der Waals surface area (Å²) in [4.78, 5) is 29.0. The number of carbonyl (C=O) groups excluding carboxylic acids is 1. The van der Waals surface area contributed by atoms with Crippen molar-refractivity contribution < 1.29 is 18.7 Å². The Morgan fingerprint density at radius 3 is 2.55 bits per heavy atom. The Morgan fingerprint density at radius 2 is 1.94 bits per heavy atom. The Labute approximate surface area is 187 Å². The smallest absolute Gasteiger partial charge is 0.339 e. The molecule has 31 heavy (non-hydrogen) atoms. The van der Waals surface area contributed by atoms with Crippen molar-refractivity contribution in [2.45, 2.75) is 40.7 Å². The Kier molecular flexibility index (Phi) is 8.11. The first-order chi connectivity index (χ1) is 14.8. The summed E-state index contributed by atoms with van der Waals surface area (Å²) in [6, 6.07) is 1.94. The molecule has 170 valence electrons. The monoisotopic (exact) mass is 450 g/mol. The van der Waals surface area contributed by atoms with Gasteiger partial charge in [0.1, 0.15) is 5.02 Å². The van der Waals surface area contributed by atoms with E-state index in [1.165, 1.54) is 6.92 Å². The van der Waals surface area contributed by atoms with Crippen molar-refractivity contribution in [1.82, 2.24) is 9.80 Å². The van der Waals surface area contributed by atoms with Crippen molar-refractivity contribution in [3.05, 3.63) is 38.2 Å². The molecule has 3 rings (SSSR count). The Balaban J connectivity index is 2.08. The van der Waals surface area contributed by atoms with Gasteiger partial charge in [-0.1, -0.05) is 25.4 Å². The number of aryl methyl sites for hydroxylation is 1. The minimum Gasteiger partial charge on any atom is -0.425 e. The quantitative estimate of drug-likeness (QED) is 0.346. The summed E-state index contributed by atoms with van der Waals surface area (Å²) in [6.45, 7) is 13.6. The fourth-order valence-corrected chi connectivity index (χ4v) is 4.29. The predicted octanol–water partition coefficient (Wildman–Crippen LogP) is 3.40. The molecule has 2 aromatic rings. The van der Waals surface area contributed by atoms with Crippen LogP contribution in [0.1, 0.15) is 37.5 Å². The van der Waals surface area contributed by atoms with Gasteiger partial charge in [0.05, 0.1) is 13.2 Å². The molecule has 0 aliphatic carbocycles. The average Bonchev–Trinajstić information content (AvgIpc) is 2.75. The van der Waals surface area contributed by atoms with Gasteiger partial charge in [-0.2, -0.15) is 0 Å². The van der Waals surface area contributed by atoms with E-state index in [-0.39, 0.29) is 16.4 Å². The molecule has 0 N–H and O–H groups in total. The number of carbonyl (C=O) groups is 1. The van der Waals surface area contributed by atoms with Crippen molar-refractivity contribution in [3.8, 4) is 5.75 Å². The summed E-state index contributed by atoms with van der Waals surface area (Å²) in [6.07, 6.45) is 0.605. The van der Waals surface area contributed by atoms with E-state index in [2.05, 4.69) is 23.6 Å². The van der Waals surface area contributed by atoms with Gasteiger partial charge in [-0.3, -0.25) is 9.69 Å². The lowest BCUT2D eigenvalue weighted by Crippen LogP contribution is -2.35. The Bertz CT molecular complexity index is 994. The molecule has 0 atom stereocenters. The first-order valence-corrected chi connectivity index (χ1v) is 11.2. The van der Waals surface area contributed by atoms with Gasteiger partial charge in [0.15, 0.2) is 11.3 Å². The summed E-state index contributed by atoms with van der Waals surface area (Å²) < 4.78 is 16.5. The van der Waals surface area contributed by atoms with Crippen LogP contribution in [0.15, 0.2) is 15.3 Å². The van der Waals surface area contributed by atoms with Gasteiger partial charge in [0.25, 0.3) is 0 Å². The highest BCUT2D eigenvalue weighted by Gasteiger charge is 2.23. The van der Waals surface area contributed by atoms with Crippen LogP contribution in [0.4, 0.5) is 0 Å². The van der Waals surface area contributed by atoms with Crippen molar-refractivity contribution in [1.29, 1.82) is 0 Å². The van der Waals surface area contributed by atoms with Crippen LogP contribution < -0.4 is 10.4 Å². The molecule has 0 amide bonds. The first kappa shape index (κ1) is 23.7. The lowest BCUT2D eigenvalue weighted by molar-refractivity contribution is -0.131. The van der Waals surface area contributed by atoms with E-state index in [4.69, 9.17) is 25.5 Å². The number of benzene rings is 1. The van der Waals surface area contributed by atoms with E-state index < -0.39 is 11.6 Å². The zero-order valence-corrected chi connectivity index (χ0v) is 19.5. The highest BCUT2D eigenvalue weighted by molar-refractivity contribution is 6.36. The number of ether oxygens (including phenoxy) is 2. The van der Waals surface area contributed by atoms with Gasteiger partial charge in [0, 0.05) is 49.6 Å². The van der Waals surface area contributed by atoms with Crippen LogP contribution in [0.25, 0.3) is 11.0 Å². The molecule has 1 aromatic carbocycles. The fourth-order valence-electron chi connectivity index (χ4n) is 3.99. The van der Waals surface area contributed by atoms with Crippen molar-refractivity contribution in [2.24, 2.45) is 0 Å². The molecule has 1 saturated heterocycles. The number of fused-ring (bicyclic) bond motifs is 1. The van der Waals surface area contributed by atoms with Gasteiger partial charge in [-0.05, 0) is 38.1 Å².